The molecule has 3 aromatic rings. The molecule has 0 bridgehead atoms. The lowest BCUT2D eigenvalue weighted by Gasteiger charge is -2.20. The standard InChI is InChI=1S/C20H19NO4S2/c1-25-14-9-7-13(8-10-14)18(17(22)20(23)24)26-16-11-15(27-19(16)21)12-5-3-2-4-6-12/h2-11,17-18,22H,21H2,1H3,(H,23,24). The topological polar surface area (TPSA) is 92.8 Å². The molecule has 0 saturated heterocycles. The monoisotopic (exact) mass is 401 g/mol. The SMILES string of the molecule is COc1ccc(C(Sc2cc(-c3ccccc3)sc2N)C(O)C(=O)O)cc1. The van der Waals surface area contributed by atoms with Crippen molar-refractivity contribution in [3.63, 3.8) is 0 Å². The van der Waals surface area contributed by atoms with Crippen molar-refractivity contribution in [1.29, 1.82) is 0 Å². The van der Waals surface area contributed by atoms with Gasteiger partial charge in [-0.25, -0.2) is 4.79 Å². The molecule has 0 radical (unpaired) electrons. The van der Waals surface area contributed by atoms with Crippen molar-refractivity contribution in [2.45, 2.75) is 16.2 Å². The van der Waals surface area contributed by atoms with Crippen molar-refractivity contribution in [3.05, 3.63) is 66.2 Å². The highest BCUT2D eigenvalue weighted by molar-refractivity contribution is 8.00. The Labute approximate surface area is 165 Å². The summed E-state index contributed by atoms with van der Waals surface area (Å²) in [5.74, 6) is -0.617. The molecule has 5 nitrogen and oxygen atoms in total. The van der Waals surface area contributed by atoms with E-state index < -0.39 is 17.3 Å². The minimum absolute atomic E-state index is 0.593. The number of ether oxygens (including phenoxy) is 1. The number of hydrogen-bond donors (Lipinski definition) is 3. The van der Waals surface area contributed by atoms with Crippen LogP contribution < -0.4 is 10.5 Å². The predicted octanol–water partition coefficient (Wildman–Crippen LogP) is 4.28. The number of anilines is 1. The predicted molar refractivity (Wildman–Crippen MR) is 109 cm³/mol. The number of carboxylic acid groups (broad SMARTS) is 1. The Morgan fingerprint density at radius 3 is 2.41 bits per heavy atom. The van der Waals surface area contributed by atoms with Crippen molar-refractivity contribution in [2.75, 3.05) is 12.8 Å². The normalized spacial score (nSPS) is 13.1. The minimum Gasteiger partial charge on any atom is -0.497 e. The van der Waals surface area contributed by atoms with Crippen LogP contribution in [0.25, 0.3) is 10.4 Å². The summed E-state index contributed by atoms with van der Waals surface area (Å²) in [7, 11) is 1.56. The maximum absolute atomic E-state index is 11.4. The number of thiophene rings is 1. The van der Waals surface area contributed by atoms with Gasteiger partial charge < -0.3 is 20.7 Å². The summed E-state index contributed by atoms with van der Waals surface area (Å²) in [6, 6.07) is 18.8. The molecule has 2 aromatic carbocycles. The highest BCUT2D eigenvalue weighted by atomic mass is 32.2. The van der Waals surface area contributed by atoms with Gasteiger partial charge in [0.05, 0.1) is 12.4 Å². The van der Waals surface area contributed by atoms with E-state index in [4.69, 9.17) is 10.5 Å². The Balaban J connectivity index is 1.92. The number of nitrogen functional groups attached to an aromatic ring is 1. The van der Waals surface area contributed by atoms with Crippen LogP contribution >= 0.6 is 23.1 Å². The second kappa shape index (κ2) is 8.47. The van der Waals surface area contributed by atoms with Crippen molar-refractivity contribution >= 4 is 34.1 Å². The first-order chi connectivity index (χ1) is 13.0. The van der Waals surface area contributed by atoms with Crippen LogP contribution in [0.2, 0.25) is 0 Å². The largest absolute Gasteiger partial charge is 0.497 e. The summed E-state index contributed by atoms with van der Waals surface area (Å²) in [6.45, 7) is 0. The van der Waals surface area contributed by atoms with Gasteiger partial charge in [-0.2, -0.15) is 0 Å². The molecule has 0 aliphatic heterocycles. The summed E-state index contributed by atoms with van der Waals surface area (Å²) >= 11 is 2.69. The van der Waals surface area contributed by atoms with E-state index in [1.165, 1.54) is 23.1 Å². The summed E-state index contributed by atoms with van der Waals surface area (Å²) < 4.78 is 5.14. The van der Waals surface area contributed by atoms with Gasteiger partial charge in [-0.3, -0.25) is 0 Å². The second-order valence-electron chi connectivity index (χ2n) is 5.80. The minimum atomic E-state index is -1.57. The molecule has 0 fully saturated rings. The van der Waals surface area contributed by atoms with Crippen molar-refractivity contribution in [1.82, 2.24) is 0 Å². The number of methoxy groups -OCH3 is 1. The number of aliphatic hydroxyl groups is 1. The number of rotatable bonds is 7. The maximum atomic E-state index is 11.4. The fourth-order valence-electron chi connectivity index (χ4n) is 2.60. The van der Waals surface area contributed by atoms with Gasteiger partial charge in [0, 0.05) is 9.77 Å². The Morgan fingerprint density at radius 1 is 1.15 bits per heavy atom. The lowest BCUT2D eigenvalue weighted by Crippen LogP contribution is -2.25. The molecule has 1 heterocycles. The van der Waals surface area contributed by atoms with Crippen molar-refractivity contribution in [2.24, 2.45) is 0 Å². The zero-order valence-corrected chi connectivity index (χ0v) is 16.2. The van der Waals surface area contributed by atoms with Crippen LogP contribution in [0.1, 0.15) is 10.8 Å². The second-order valence-corrected chi connectivity index (χ2v) is 8.07. The number of hydrogen-bond acceptors (Lipinski definition) is 6. The highest BCUT2D eigenvalue weighted by Crippen LogP contribution is 2.46. The van der Waals surface area contributed by atoms with E-state index >= 15 is 0 Å². The number of aliphatic carboxylic acids is 1. The molecule has 1 aromatic heterocycles. The van der Waals surface area contributed by atoms with Crippen LogP contribution in [-0.2, 0) is 4.79 Å². The molecule has 4 N–H and O–H groups in total. The first-order valence-electron chi connectivity index (χ1n) is 8.16. The average molecular weight is 402 g/mol. The van der Waals surface area contributed by atoms with Gasteiger partial charge in [0.2, 0.25) is 0 Å². The molecule has 27 heavy (non-hydrogen) atoms. The third-order valence-corrected chi connectivity index (χ3v) is 6.54. The number of thioether (sulfide) groups is 1. The Kier molecular flexibility index (Phi) is 6.05. The van der Waals surface area contributed by atoms with Gasteiger partial charge in [-0.05, 0) is 29.3 Å². The van der Waals surface area contributed by atoms with E-state index in [2.05, 4.69) is 0 Å². The molecule has 0 spiro atoms. The van der Waals surface area contributed by atoms with Gasteiger partial charge >= 0.3 is 5.97 Å². The molecule has 0 aliphatic rings. The molecular formula is C20H19NO4S2. The average Bonchev–Trinajstić information content (AvgIpc) is 3.07. The van der Waals surface area contributed by atoms with Gasteiger partial charge in [-0.15, -0.1) is 23.1 Å². The lowest BCUT2D eigenvalue weighted by molar-refractivity contribution is -0.146. The number of carboxylic acids is 1. The highest BCUT2D eigenvalue weighted by Gasteiger charge is 2.29. The fourth-order valence-corrected chi connectivity index (χ4v) is 4.89. The van der Waals surface area contributed by atoms with Gasteiger partial charge in [-0.1, -0.05) is 42.5 Å². The van der Waals surface area contributed by atoms with Gasteiger partial charge in [0.15, 0.2) is 6.10 Å². The van der Waals surface area contributed by atoms with E-state index in [1.54, 1.807) is 31.4 Å². The molecule has 0 saturated carbocycles. The Bertz CT molecular complexity index is 909. The van der Waals surface area contributed by atoms with Crippen LogP contribution in [-0.4, -0.2) is 29.4 Å². The number of carbonyl (C=O) groups is 1. The van der Waals surface area contributed by atoms with Crippen LogP contribution in [0.4, 0.5) is 5.00 Å². The molecule has 7 heteroatoms. The van der Waals surface area contributed by atoms with E-state index in [1.807, 2.05) is 36.4 Å². The number of aliphatic hydroxyl groups excluding tert-OH is 1. The number of nitrogens with two attached hydrogens (primary N) is 1. The lowest BCUT2D eigenvalue weighted by atomic mass is 10.1. The quantitative estimate of drug-likeness (QED) is 0.512. The fraction of sp³-hybridized carbons (Fsp3) is 0.150. The van der Waals surface area contributed by atoms with E-state index in [-0.39, 0.29) is 0 Å². The Hall–Kier alpha value is -2.48. The maximum Gasteiger partial charge on any atom is 0.334 e. The van der Waals surface area contributed by atoms with Gasteiger partial charge in [0.1, 0.15) is 10.8 Å². The van der Waals surface area contributed by atoms with E-state index in [0.29, 0.717) is 16.3 Å². The van der Waals surface area contributed by atoms with Crippen LogP contribution in [0.15, 0.2) is 65.6 Å². The molecule has 140 valence electrons. The third-order valence-electron chi connectivity index (χ3n) is 4.02. The summed E-state index contributed by atoms with van der Waals surface area (Å²) in [5.41, 5.74) is 7.90. The van der Waals surface area contributed by atoms with Crippen LogP contribution in [0, 0.1) is 0 Å². The van der Waals surface area contributed by atoms with Crippen molar-refractivity contribution in [3.8, 4) is 16.2 Å². The van der Waals surface area contributed by atoms with Crippen LogP contribution in [0.3, 0.4) is 0 Å². The molecule has 0 aliphatic carbocycles. The third kappa shape index (κ3) is 4.44. The molecule has 2 atom stereocenters. The van der Waals surface area contributed by atoms with Crippen LogP contribution in [0.5, 0.6) is 5.75 Å². The van der Waals surface area contributed by atoms with Crippen molar-refractivity contribution < 1.29 is 19.7 Å². The smallest absolute Gasteiger partial charge is 0.334 e. The first-order valence-corrected chi connectivity index (χ1v) is 9.85. The van der Waals surface area contributed by atoms with Gasteiger partial charge in [0.25, 0.3) is 0 Å². The van der Waals surface area contributed by atoms with E-state index in [9.17, 15) is 15.0 Å². The summed E-state index contributed by atoms with van der Waals surface area (Å²) in [5, 5.41) is 19.5. The summed E-state index contributed by atoms with van der Waals surface area (Å²) in [6.07, 6.45) is -1.57. The van der Waals surface area contributed by atoms with E-state index in [0.717, 1.165) is 15.3 Å². The summed E-state index contributed by atoms with van der Waals surface area (Å²) in [4.78, 5) is 13.2. The molecule has 2 unspecified atom stereocenters. The Morgan fingerprint density at radius 2 is 1.81 bits per heavy atom. The number of benzene rings is 2. The first kappa shape index (κ1) is 19.3. The zero-order valence-electron chi connectivity index (χ0n) is 14.5. The molecule has 0 amide bonds. The molecular weight excluding hydrogens is 382 g/mol. The molecule has 3 rings (SSSR count). The zero-order chi connectivity index (χ0) is 19.4.